The highest BCUT2D eigenvalue weighted by Crippen LogP contribution is 2.19. The summed E-state index contributed by atoms with van der Waals surface area (Å²) in [5.74, 6) is 0. The summed E-state index contributed by atoms with van der Waals surface area (Å²) in [6.45, 7) is 8.24. The number of benzene rings is 1. The Balaban J connectivity index is 0.000000982. The van der Waals surface area contributed by atoms with Crippen LogP contribution in [0.15, 0.2) is 18.2 Å². The summed E-state index contributed by atoms with van der Waals surface area (Å²) >= 11 is 0. The summed E-state index contributed by atoms with van der Waals surface area (Å²) in [5.41, 5.74) is 4.70. The van der Waals surface area contributed by atoms with Gasteiger partial charge in [-0.2, -0.15) is 0 Å². The van der Waals surface area contributed by atoms with E-state index < -0.39 is 0 Å². The maximum atomic E-state index is 8.81. The van der Waals surface area contributed by atoms with Crippen molar-refractivity contribution in [3.63, 3.8) is 0 Å². The molecule has 1 aromatic rings. The third-order valence-electron chi connectivity index (χ3n) is 3.31. The third-order valence-corrected chi connectivity index (χ3v) is 3.31. The summed E-state index contributed by atoms with van der Waals surface area (Å²) in [7, 11) is 0. The predicted octanol–water partition coefficient (Wildman–Crippen LogP) is 5.28. The van der Waals surface area contributed by atoms with Crippen LogP contribution in [0.3, 0.4) is 0 Å². The quantitative estimate of drug-likeness (QED) is 0.483. The highest BCUT2D eigenvalue weighted by Gasteiger charge is 2.04. The van der Waals surface area contributed by atoms with Crippen LogP contribution < -0.4 is 0 Å². The molecule has 0 bridgehead atoms. The fourth-order valence-electron chi connectivity index (χ4n) is 2.35. The molecule has 0 aliphatic heterocycles. The minimum absolute atomic E-state index is 0.750. The molecular formula is C18H30O. The SMILES string of the molecule is CC=O.CCCCCCc1c(C)cccc1CCC. The molecule has 108 valence electrons. The van der Waals surface area contributed by atoms with E-state index in [-0.39, 0.29) is 0 Å². The van der Waals surface area contributed by atoms with E-state index in [1.54, 1.807) is 11.1 Å². The van der Waals surface area contributed by atoms with Crippen molar-refractivity contribution in [1.82, 2.24) is 0 Å². The molecule has 0 atom stereocenters. The lowest BCUT2D eigenvalue weighted by Crippen LogP contribution is -1.97. The van der Waals surface area contributed by atoms with Gasteiger partial charge < -0.3 is 4.79 Å². The van der Waals surface area contributed by atoms with Gasteiger partial charge in [-0.25, -0.2) is 0 Å². The highest BCUT2D eigenvalue weighted by molar-refractivity contribution is 5.44. The zero-order chi connectivity index (χ0) is 14.5. The van der Waals surface area contributed by atoms with Crippen LogP contribution in [0.4, 0.5) is 0 Å². The van der Waals surface area contributed by atoms with Crippen LogP contribution >= 0.6 is 0 Å². The molecule has 19 heavy (non-hydrogen) atoms. The van der Waals surface area contributed by atoms with Gasteiger partial charge in [-0.15, -0.1) is 0 Å². The van der Waals surface area contributed by atoms with Gasteiger partial charge in [-0.3, -0.25) is 0 Å². The van der Waals surface area contributed by atoms with Crippen LogP contribution in [-0.2, 0) is 17.6 Å². The molecule has 0 spiro atoms. The molecule has 0 aliphatic carbocycles. The summed E-state index contributed by atoms with van der Waals surface area (Å²) in [4.78, 5) is 8.81. The minimum Gasteiger partial charge on any atom is -0.304 e. The van der Waals surface area contributed by atoms with Crippen molar-refractivity contribution in [3.05, 3.63) is 34.9 Å². The lowest BCUT2D eigenvalue weighted by Gasteiger charge is -2.12. The molecular weight excluding hydrogens is 232 g/mol. The molecule has 1 aromatic carbocycles. The van der Waals surface area contributed by atoms with Crippen molar-refractivity contribution in [2.45, 2.75) is 72.6 Å². The number of rotatable bonds is 7. The molecule has 0 N–H and O–H groups in total. The molecule has 0 aliphatic rings. The van der Waals surface area contributed by atoms with Crippen molar-refractivity contribution >= 4 is 6.29 Å². The Morgan fingerprint density at radius 1 is 1.00 bits per heavy atom. The second kappa shape index (κ2) is 12.0. The number of hydrogen-bond acceptors (Lipinski definition) is 1. The lowest BCUT2D eigenvalue weighted by atomic mass is 9.94. The van der Waals surface area contributed by atoms with Gasteiger partial charge in [0.15, 0.2) is 0 Å². The molecule has 0 fully saturated rings. The fourth-order valence-corrected chi connectivity index (χ4v) is 2.35. The van der Waals surface area contributed by atoms with E-state index in [4.69, 9.17) is 4.79 Å². The van der Waals surface area contributed by atoms with Gasteiger partial charge in [0.1, 0.15) is 6.29 Å². The summed E-state index contributed by atoms with van der Waals surface area (Å²) in [6.07, 6.45) is 9.98. The average molecular weight is 262 g/mol. The molecule has 0 radical (unpaired) electrons. The first kappa shape index (κ1) is 17.9. The van der Waals surface area contributed by atoms with Gasteiger partial charge in [-0.05, 0) is 49.8 Å². The minimum atomic E-state index is 0.750. The maximum Gasteiger partial charge on any atom is 0.116 e. The van der Waals surface area contributed by atoms with Crippen LogP contribution in [0.5, 0.6) is 0 Å². The van der Waals surface area contributed by atoms with E-state index in [1.807, 2.05) is 0 Å². The second-order valence-corrected chi connectivity index (χ2v) is 5.01. The number of carbonyl (C=O) groups is 1. The third kappa shape index (κ3) is 7.81. The van der Waals surface area contributed by atoms with Gasteiger partial charge in [0.05, 0.1) is 0 Å². The van der Waals surface area contributed by atoms with Gasteiger partial charge in [0, 0.05) is 0 Å². The molecule has 0 unspecified atom stereocenters. The van der Waals surface area contributed by atoms with E-state index >= 15 is 0 Å². The number of aldehydes is 1. The first-order valence-electron chi connectivity index (χ1n) is 7.68. The first-order chi connectivity index (χ1) is 9.21. The van der Waals surface area contributed by atoms with Crippen LogP contribution in [0.2, 0.25) is 0 Å². The van der Waals surface area contributed by atoms with Gasteiger partial charge >= 0.3 is 0 Å². The Morgan fingerprint density at radius 2 is 1.68 bits per heavy atom. The van der Waals surface area contributed by atoms with Crippen molar-refractivity contribution < 1.29 is 4.79 Å². The maximum absolute atomic E-state index is 8.81. The summed E-state index contributed by atoms with van der Waals surface area (Å²) in [5, 5.41) is 0. The highest BCUT2D eigenvalue weighted by atomic mass is 16.1. The number of aryl methyl sites for hydroxylation is 2. The van der Waals surface area contributed by atoms with E-state index in [2.05, 4.69) is 39.0 Å². The Bertz CT molecular complexity index is 342. The van der Waals surface area contributed by atoms with Crippen LogP contribution in [0.1, 0.15) is 69.6 Å². The van der Waals surface area contributed by atoms with Crippen LogP contribution in [0, 0.1) is 6.92 Å². The van der Waals surface area contributed by atoms with Gasteiger partial charge in [0.2, 0.25) is 0 Å². The van der Waals surface area contributed by atoms with E-state index in [0.717, 1.165) is 6.29 Å². The van der Waals surface area contributed by atoms with Gasteiger partial charge in [-0.1, -0.05) is 57.7 Å². The molecule has 0 saturated heterocycles. The molecule has 1 nitrogen and oxygen atoms in total. The normalized spacial score (nSPS) is 9.68. The Labute approximate surface area is 119 Å². The largest absolute Gasteiger partial charge is 0.304 e. The monoisotopic (exact) mass is 262 g/mol. The Kier molecular flexibility index (Phi) is 11.3. The van der Waals surface area contributed by atoms with Crippen LogP contribution in [0.25, 0.3) is 0 Å². The Hall–Kier alpha value is -1.11. The van der Waals surface area contributed by atoms with Gasteiger partial charge in [0.25, 0.3) is 0 Å². The number of unbranched alkanes of at least 4 members (excludes halogenated alkanes) is 3. The zero-order valence-corrected chi connectivity index (χ0v) is 13.2. The topological polar surface area (TPSA) is 17.1 Å². The lowest BCUT2D eigenvalue weighted by molar-refractivity contribution is -0.106. The van der Waals surface area contributed by atoms with Crippen molar-refractivity contribution in [3.8, 4) is 0 Å². The Morgan fingerprint density at radius 3 is 2.26 bits per heavy atom. The average Bonchev–Trinajstić information content (AvgIpc) is 2.38. The molecule has 0 heterocycles. The summed E-state index contributed by atoms with van der Waals surface area (Å²) < 4.78 is 0. The van der Waals surface area contributed by atoms with Crippen molar-refractivity contribution in [1.29, 1.82) is 0 Å². The molecule has 0 aromatic heterocycles. The molecule has 1 heteroatoms. The zero-order valence-electron chi connectivity index (χ0n) is 13.2. The molecule has 0 amide bonds. The number of hydrogen-bond donors (Lipinski definition) is 0. The smallest absolute Gasteiger partial charge is 0.116 e. The molecule has 1 rings (SSSR count). The van der Waals surface area contributed by atoms with E-state index in [9.17, 15) is 0 Å². The van der Waals surface area contributed by atoms with Crippen LogP contribution in [-0.4, -0.2) is 6.29 Å². The predicted molar refractivity (Wildman–Crippen MR) is 84.8 cm³/mol. The van der Waals surface area contributed by atoms with E-state index in [1.165, 1.54) is 57.4 Å². The fraction of sp³-hybridized carbons (Fsp3) is 0.611. The van der Waals surface area contributed by atoms with Crippen molar-refractivity contribution in [2.24, 2.45) is 0 Å². The van der Waals surface area contributed by atoms with E-state index in [0.29, 0.717) is 0 Å². The number of carbonyl (C=O) groups excluding carboxylic acids is 1. The summed E-state index contributed by atoms with van der Waals surface area (Å²) in [6, 6.07) is 6.77. The van der Waals surface area contributed by atoms with Crippen molar-refractivity contribution in [2.75, 3.05) is 0 Å². The second-order valence-electron chi connectivity index (χ2n) is 5.01. The first-order valence-corrected chi connectivity index (χ1v) is 7.68. The standard InChI is InChI=1S/C16H26.C2H4O/c1-4-6-7-8-13-16-14(3)11-9-12-15(16)10-5-2;1-2-3/h9,11-12H,4-8,10,13H2,1-3H3;2H,1H3. The molecule has 0 saturated carbocycles.